The Labute approximate surface area is 125 Å². The van der Waals surface area contributed by atoms with Crippen molar-refractivity contribution in [1.29, 1.82) is 0 Å². The van der Waals surface area contributed by atoms with Crippen LogP contribution in [0.1, 0.15) is 17.2 Å². The van der Waals surface area contributed by atoms with Gasteiger partial charge in [0.2, 0.25) is 0 Å². The predicted octanol–water partition coefficient (Wildman–Crippen LogP) is 4.15. The highest BCUT2D eigenvalue weighted by Gasteiger charge is 2.19. The van der Waals surface area contributed by atoms with E-state index in [4.69, 9.17) is 5.73 Å². The molecule has 0 radical (unpaired) electrons. The van der Waals surface area contributed by atoms with Gasteiger partial charge in [-0.05, 0) is 52.7 Å². The Balaban J connectivity index is 2.36. The van der Waals surface area contributed by atoms with Crippen LogP contribution in [0.4, 0.5) is 14.5 Å². The van der Waals surface area contributed by atoms with Crippen molar-refractivity contribution in [1.82, 2.24) is 0 Å². The molecule has 0 saturated carbocycles. The minimum absolute atomic E-state index is 0.0385. The lowest BCUT2D eigenvalue weighted by Gasteiger charge is -2.21. The minimum Gasteiger partial charge on any atom is -0.376 e. The Bertz CT molecular complexity index is 597. The summed E-state index contributed by atoms with van der Waals surface area (Å²) in [6.07, 6.45) is 0. The minimum atomic E-state index is -0.630. The van der Waals surface area contributed by atoms with Gasteiger partial charge in [0.1, 0.15) is 11.6 Å². The van der Waals surface area contributed by atoms with Crippen LogP contribution in [0.15, 0.2) is 40.9 Å². The molecule has 106 valence electrons. The van der Waals surface area contributed by atoms with Gasteiger partial charge in [-0.1, -0.05) is 12.1 Å². The molecule has 0 aliphatic carbocycles. The maximum Gasteiger partial charge on any atom is 0.131 e. The van der Waals surface area contributed by atoms with E-state index in [-0.39, 0.29) is 12.1 Å². The Hall–Kier alpha value is -1.46. The van der Waals surface area contributed by atoms with E-state index in [0.29, 0.717) is 0 Å². The smallest absolute Gasteiger partial charge is 0.131 e. The average molecular weight is 341 g/mol. The first kappa shape index (κ1) is 14.9. The fourth-order valence-corrected chi connectivity index (χ4v) is 2.39. The summed E-state index contributed by atoms with van der Waals surface area (Å²) in [5.74, 6) is -1.20. The fourth-order valence-electron chi connectivity index (χ4n) is 2.03. The van der Waals surface area contributed by atoms with Crippen LogP contribution in [0.2, 0.25) is 0 Å². The summed E-state index contributed by atoms with van der Waals surface area (Å²) in [5.41, 5.74) is 7.42. The molecule has 0 spiro atoms. The molecule has 2 aromatic rings. The number of nitrogens with two attached hydrogens (primary N) is 1. The van der Waals surface area contributed by atoms with Crippen LogP contribution in [-0.4, -0.2) is 6.54 Å². The van der Waals surface area contributed by atoms with Crippen LogP contribution in [0.3, 0.4) is 0 Å². The second-order valence-corrected chi connectivity index (χ2v) is 5.41. The molecule has 2 rings (SSSR count). The Morgan fingerprint density at radius 2 is 1.85 bits per heavy atom. The van der Waals surface area contributed by atoms with Gasteiger partial charge >= 0.3 is 0 Å². The van der Waals surface area contributed by atoms with Gasteiger partial charge in [-0.25, -0.2) is 8.78 Å². The highest BCUT2D eigenvalue weighted by molar-refractivity contribution is 9.10. The molecule has 2 aromatic carbocycles. The maximum atomic E-state index is 13.8. The summed E-state index contributed by atoms with van der Waals surface area (Å²) in [5, 5.41) is 3.08. The van der Waals surface area contributed by atoms with Crippen LogP contribution in [0.25, 0.3) is 0 Å². The predicted molar refractivity (Wildman–Crippen MR) is 80.7 cm³/mol. The largest absolute Gasteiger partial charge is 0.376 e. The molecule has 5 heteroatoms. The van der Waals surface area contributed by atoms with Crippen molar-refractivity contribution in [3.63, 3.8) is 0 Å². The zero-order valence-electron chi connectivity index (χ0n) is 11.0. The molecule has 0 saturated heterocycles. The number of aryl methyl sites for hydroxylation is 1. The van der Waals surface area contributed by atoms with Crippen molar-refractivity contribution < 1.29 is 8.78 Å². The first-order valence-corrected chi connectivity index (χ1v) is 6.99. The number of halogens is 3. The Morgan fingerprint density at radius 1 is 1.20 bits per heavy atom. The van der Waals surface area contributed by atoms with Gasteiger partial charge in [-0.15, -0.1) is 0 Å². The summed E-state index contributed by atoms with van der Waals surface area (Å²) < 4.78 is 28.5. The fraction of sp³-hybridized carbons (Fsp3) is 0.200. The van der Waals surface area contributed by atoms with Crippen molar-refractivity contribution >= 4 is 21.6 Å². The third kappa shape index (κ3) is 3.16. The molecule has 1 atom stereocenters. The molecule has 0 amide bonds. The van der Waals surface area contributed by atoms with Crippen LogP contribution >= 0.6 is 15.9 Å². The topological polar surface area (TPSA) is 38.0 Å². The second-order valence-electron chi connectivity index (χ2n) is 4.55. The molecular weight excluding hydrogens is 326 g/mol. The molecule has 0 fully saturated rings. The first-order valence-electron chi connectivity index (χ1n) is 6.19. The standard InChI is InChI=1S/C15H15BrF2N2/c1-9-5-6-10(16)13(7-9)20-14(8-19)15-11(17)3-2-4-12(15)18/h2-7,14,20H,8,19H2,1H3. The van der Waals surface area contributed by atoms with Crippen molar-refractivity contribution in [2.24, 2.45) is 5.73 Å². The normalized spacial score (nSPS) is 12.2. The summed E-state index contributed by atoms with van der Waals surface area (Å²) in [7, 11) is 0. The van der Waals surface area contributed by atoms with E-state index in [2.05, 4.69) is 21.2 Å². The van der Waals surface area contributed by atoms with E-state index < -0.39 is 17.7 Å². The van der Waals surface area contributed by atoms with Crippen LogP contribution in [0, 0.1) is 18.6 Å². The van der Waals surface area contributed by atoms with Gasteiger partial charge in [0.15, 0.2) is 0 Å². The monoisotopic (exact) mass is 340 g/mol. The van der Waals surface area contributed by atoms with E-state index in [9.17, 15) is 8.78 Å². The lowest BCUT2D eigenvalue weighted by atomic mass is 10.0. The van der Waals surface area contributed by atoms with Gasteiger partial charge in [0.25, 0.3) is 0 Å². The summed E-state index contributed by atoms with van der Waals surface area (Å²) in [6, 6.07) is 8.88. The van der Waals surface area contributed by atoms with Gasteiger partial charge in [0.05, 0.1) is 6.04 Å². The number of hydrogen-bond acceptors (Lipinski definition) is 2. The first-order chi connectivity index (χ1) is 9.52. The van der Waals surface area contributed by atoms with Crippen LogP contribution in [-0.2, 0) is 0 Å². The van der Waals surface area contributed by atoms with Gasteiger partial charge in [-0.3, -0.25) is 0 Å². The van der Waals surface area contributed by atoms with E-state index in [0.717, 1.165) is 15.7 Å². The maximum absolute atomic E-state index is 13.8. The average Bonchev–Trinajstić information content (AvgIpc) is 2.41. The van der Waals surface area contributed by atoms with Crippen molar-refractivity contribution in [3.05, 3.63) is 63.6 Å². The lowest BCUT2D eigenvalue weighted by molar-refractivity contribution is 0.537. The summed E-state index contributed by atoms with van der Waals surface area (Å²) in [6.45, 7) is 2.02. The molecule has 0 aromatic heterocycles. The number of rotatable bonds is 4. The van der Waals surface area contributed by atoms with Crippen LogP contribution < -0.4 is 11.1 Å². The number of hydrogen-bond donors (Lipinski definition) is 2. The van der Waals surface area contributed by atoms with Crippen molar-refractivity contribution in [3.8, 4) is 0 Å². The van der Waals surface area contributed by atoms with E-state index in [1.165, 1.54) is 18.2 Å². The summed E-state index contributed by atoms with van der Waals surface area (Å²) >= 11 is 3.41. The van der Waals surface area contributed by atoms with E-state index in [1.54, 1.807) is 0 Å². The van der Waals surface area contributed by atoms with Gasteiger partial charge in [-0.2, -0.15) is 0 Å². The Morgan fingerprint density at radius 3 is 2.45 bits per heavy atom. The van der Waals surface area contributed by atoms with Crippen LogP contribution in [0.5, 0.6) is 0 Å². The molecule has 0 bridgehead atoms. The lowest BCUT2D eigenvalue weighted by Crippen LogP contribution is -2.23. The summed E-state index contributed by atoms with van der Waals surface area (Å²) in [4.78, 5) is 0. The molecule has 0 heterocycles. The molecule has 1 unspecified atom stereocenters. The van der Waals surface area contributed by atoms with Crippen molar-refractivity contribution in [2.45, 2.75) is 13.0 Å². The number of nitrogens with one attached hydrogen (secondary N) is 1. The molecule has 3 N–H and O–H groups in total. The quantitative estimate of drug-likeness (QED) is 0.877. The molecule has 2 nitrogen and oxygen atoms in total. The zero-order valence-corrected chi connectivity index (χ0v) is 12.5. The van der Waals surface area contributed by atoms with E-state index >= 15 is 0 Å². The van der Waals surface area contributed by atoms with Crippen molar-refractivity contribution in [2.75, 3.05) is 11.9 Å². The molecule has 0 aliphatic rings. The number of anilines is 1. The SMILES string of the molecule is Cc1ccc(Br)c(NC(CN)c2c(F)cccc2F)c1. The molecular formula is C15H15BrF2N2. The van der Waals surface area contributed by atoms with Gasteiger partial charge in [0, 0.05) is 22.3 Å². The number of benzene rings is 2. The molecule has 20 heavy (non-hydrogen) atoms. The third-order valence-corrected chi connectivity index (χ3v) is 3.73. The Kier molecular flexibility index (Phi) is 4.73. The third-order valence-electron chi connectivity index (χ3n) is 3.04. The van der Waals surface area contributed by atoms with E-state index in [1.807, 2.05) is 25.1 Å². The zero-order chi connectivity index (χ0) is 14.7. The highest BCUT2D eigenvalue weighted by atomic mass is 79.9. The molecule has 0 aliphatic heterocycles. The highest BCUT2D eigenvalue weighted by Crippen LogP contribution is 2.29. The second kappa shape index (κ2) is 6.33. The van der Waals surface area contributed by atoms with Gasteiger partial charge < -0.3 is 11.1 Å².